The van der Waals surface area contributed by atoms with Crippen LogP contribution in [0.2, 0.25) is 0 Å². The molecule has 1 fully saturated rings. The third-order valence-electron chi connectivity index (χ3n) is 8.00. The van der Waals surface area contributed by atoms with Crippen molar-refractivity contribution in [3.05, 3.63) is 106 Å². The molecule has 5 nitrogen and oxygen atoms in total. The van der Waals surface area contributed by atoms with Crippen LogP contribution in [-0.2, 0) is 23.8 Å². The van der Waals surface area contributed by atoms with Gasteiger partial charge in [0, 0.05) is 47.8 Å². The van der Waals surface area contributed by atoms with Gasteiger partial charge in [0.15, 0.2) is 5.78 Å². The van der Waals surface area contributed by atoms with E-state index in [9.17, 15) is 22.4 Å². The van der Waals surface area contributed by atoms with Gasteiger partial charge in [0.2, 0.25) is 0 Å². The number of ketones is 1. The van der Waals surface area contributed by atoms with Crippen molar-refractivity contribution < 1.29 is 22.4 Å². The quantitative estimate of drug-likeness (QED) is 0.296. The van der Waals surface area contributed by atoms with E-state index < -0.39 is 23.6 Å². The zero-order valence-corrected chi connectivity index (χ0v) is 21.9. The van der Waals surface area contributed by atoms with E-state index in [4.69, 9.17) is 5.10 Å². The molecule has 2 aliphatic heterocycles. The highest BCUT2D eigenvalue weighted by molar-refractivity contribution is 5.99. The van der Waals surface area contributed by atoms with E-state index in [1.54, 1.807) is 17.1 Å². The Balaban J connectivity index is 1.42. The summed E-state index contributed by atoms with van der Waals surface area (Å²) in [7, 11) is 0. The van der Waals surface area contributed by atoms with Crippen LogP contribution in [0, 0.1) is 5.82 Å². The third-order valence-corrected chi connectivity index (χ3v) is 8.00. The number of piperidine rings is 1. The summed E-state index contributed by atoms with van der Waals surface area (Å²) in [6.45, 7) is 3.62. The van der Waals surface area contributed by atoms with Gasteiger partial charge in [-0.2, -0.15) is 18.3 Å². The molecule has 1 saturated heterocycles. The molecule has 1 N–H and O–H groups in total. The predicted molar refractivity (Wildman–Crippen MR) is 143 cm³/mol. The molecule has 1 unspecified atom stereocenters. The Morgan fingerprint density at radius 2 is 1.85 bits per heavy atom. The van der Waals surface area contributed by atoms with E-state index in [0.29, 0.717) is 12.0 Å². The maximum absolute atomic E-state index is 14.8. The first kappa shape index (κ1) is 26.4. The topological polar surface area (TPSA) is 59.8 Å². The second kappa shape index (κ2) is 10.3. The number of nitrogens with zero attached hydrogens (tertiary/aromatic N) is 3. The Hall–Kier alpha value is -3.85. The van der Waals surface area contributed by atoms with E-state index in [-0.39, 0.29) is 23.7 Å². The number of fused-ring (bicyclic) bond motifs is 2. The molecule has 9 heteroatoms. The highest BCUT2D eigenvalue weighted by atomic mass is 19.4. The number of allylic oxidation sites excluding steroid dienone is 2. The van der Waals surface area contributed by atoms with Gasteiger partial charge in [0.05, 0.1) is 11.3 Å². The number of carbonyl (C=O) groups excluding carboxylic acids is 1. The number of halogens is 4. The number of Topliss-reactive ketones (excluding diaryl/α,β-unsaturated/α-hetero) is 1. The summed E-state index contributed by atoms with van der Waals surface area (Å²) in [5, 5.41) is 10.2. The molecule has 206 valence electrons. The highest BCUT2D eigenvalue weighted by Gasteiger charge is 2.37. The van der Waals surface area contributed by atoms with Crippen molar-refractivity contribution in [2.24, 2.45) is 0 Å². The number of pyridine rings is 1. The summed E-state index contributed by atoms with van der Waals surface area (Å²) in [6.07, 6.45) is 1.06. The van der Waals surface area contributed by atoms with Crippen LogP contribution < -0.4 is 5.32 Å². The second-order valence-electron chi connectivity index (χ2n) is 10.7. The number of alkyl halides is 3. The lowest BCUT2D eigenvalue weighted by atomic mass is 9.85. The molecule has 4 aromatic rings. The zero-order chi connectivity index (χ0) is 28.0. The normalized spacial score (nSPS) is 18.3. The largest absolute Gasteiger partial charge is 0.419 e. The zero-order valence-electron chi connectivity index (χ0n) is 21.9. The van der Waals surface area contributed by atoms with Gasteiger partial charge in [-0.05, 0) is 73.6 Å². The Kier molecular flexibility index (Phi) is 6.78. The van der Waals surface area contributed by atoms with Gasteiger partial charge < -0.3 is 5.32 Å². The number of benzene rings is 2. The SMILES string of the molecule is CC1=C(C(=O)Cc2ccc3cnccc3c2)C(c2ccc(C(F)(F)F)c(F)c2)n2nc(C3CCNCC3)cc2C1. The Morgan fingerprint density at radius 1 is 1.05 bits per heavy atom. The van der Waals surface area contributed by atoms with Crippen LogP contribution in [-0.4, -0.2) is 33.6 Å². The maximum atomic E-state index is 14.8. The molecule has 0 radical (unpaired) electrons. The van der Waals surface area contributed by atoms with Crippen LogP contribution in [0.3, 0.4) is 0 Å². The van der Waals surface area contributed by atoms with Crippen molar-refractivity contribution in [2.45, 2.75) is 50.7 Å². The van der Waals surface area contributed by atoms with E-state index in [1.807, 2.05) is 37.3 Å². The van der Waals surface area contributed by atoms with Crippen LogP contribution in [0.4, 0.5) is 17.6 Å². The van der Waals surface area contributed by atoms with Crippen molar-refractivity contribution >= 4 is 16.6 Å². The van der Waals surface area contributed by atoms with Gasteiger partial charge in [-0.15, -0.1) is 0 Å². The lowest BCUT2D eigenvalue weighted by Gasteiger charge is -2.29. The Morgan fingerprint density at radius 3 is 2.60 bits per heavy atom. The van der Waals surface area contributed by atoms with Gasteiger partial charge in [-0.1, -0.05) is 29.8 Å². The van der Waals surface area contributed by atoms with Crippen LogP contribution in [0.15, 0.2) is 72.1 Å². The summed E-state index contributed by atoms with van der Waals surface area (Å²) >= 11 is 0. The first-order chi connectivity index (χ1) is 19.2. The smallest absolute Gasteiger partial charge is 0.317 e. The predicted octanol–water partition coefficient (Wildman–Crippen LogP) is 6.33. The summed E-state index contributed by atoms with van der Waals surface area (Å²) in [6, 6.07) is 11.7. The van der Waals surface area contributed by atoms with Gasteiger partial charge in [0.25, 0.3) is 0 Å². The molecule has 0 saturated carbocycles. The minimum Gasteiger partial charge on any atom is -0.317 e. The van der Waals surface area contributed by atoms with E-state index in [0.717, 1.165) is 71.4 Å². The van der Waals surface area contributed by atoms with Crippen molar-refractivity contribution in [1.82, 2.24) is 20.1 Å². The van der Waals surface area contributed by atoms with Crippen LogP contribution >= 0.6 is 0 Å². The van der Waals surface area contributed by atoms with E-state index in [1.165, 1.54) is 6.07 Å². The number of aromatic nitrogens is 3. The number of carbonyl (C=O) groups is 1. The molecule has 1 atom stereocenters. The first-order valence-electron chi connectivity index (χ1n) is 13.4. The van der Waals surface area contributed by atoms with Gasteiger partial charge in [-0.25, -0.2) is 4.39 Å². The number of nitrogens with one attached hydrogen (secondary N) is 1. The average molecular weight is 549 g/mol. The van der Waals surface area contributed by atoms with Crippen molar-refractivity contribution in [3.63, 3.8) is 0 Å². The van der Waals surface area contributed by atoms with Crippen molar-refractivity contribution in [1.29, 1.82) is 0 Å². The first-order valence-corrected chi connectivity index (χ1v) is 13.4. The van der Waals surface area contributed by atoms with Gasteiger partial charge in [-0.3, -0.25) is 14.5 Å². The van der Waals surface area contributed by atoms with Crippen molar-refractivity contribution in [3.8, 4) is 0 Å². The minimum absolute atomic E-state index is 0.0995. The molecular formula is C31H28F4N4O. The number of hydrogen-bond donors (Lipinski definition) is 1. The summed E-state index contributed by atoms with van der Waals surface area (Å²) in [5.41, 5.74) is 2.76. The van der Waals surface area contributed by atoms with Gasteiger partial charge >= 0.3 is 6.18 Å². The standard InChI is InChI=1S/C31H28F4N4O/c1-18-12-24-16-27(20-6-9-36-10-7-20)38-39(24)30(22-4-5-25(26(32)15-22)31(33,34)35)29(18)28(40)14-19-2-3-23-17-37-11-8-21(23)13-19/h2-5,8,11,13,15-17,20,30,36H,6-7,9-10,12,14H2,1H3. The van der Waals surface area contributed by atoms with Crippen molar-refractivity contribution in [2.75, 3.05) is 13.1 Å². The fourth-order valence-electron chi connectivity index (χ4n) is 6.00. The number of rotatable bonds is 5. The molecule has 40 heavy (non-hydrogen) atoms. The lowest BCUT2D eigenvalue weighted by Crippen LogP contribution is -2.29. The average Bonchev–Trinajstić information content (AvgIpc) is 3.35. The summed E-state index contributed by atoms with van der Waals surface area (Å²) in [5.74, 6) is -1.29. The molecule has 6 rings (SSSR count). The third kappa shape index (κ3) is 4.94. The van der Waals surface area contributed by atoms with Crippen LogP contribution in [0.25, 0.3) is 10.8 Å². The van der Waals surface area contributed by atoms with E-state index in [2.05, 4.69) is 10.3 Å². The molecule has 0 bridgehead atoms. The Bertz CT molecular complexity index is 1630. The van der Waals surface area contributed by atoms with Crippen LogP contribution in [0.5, 0.6) is 0 Å². The molecule has 2 aromatic heterocycles. The second-order valence-corrected chi connectivity index (χ2v) is 10.7. The molecule has 4 heterocycles. The molecule has 0 spiro atoms. The molecular weight excluding hydrogens is 520 g/mol. The molecule has 2 aliphatic rings. The minimum atomic E-state index is -4.82. The maximum Gasteiger partial charge on any atom is 0.419 e. The Labute approximate surface area is 228 Å². The molecule has 2 aromatic carbocycles. The monoisotopic (exact) mass is 548 g/mol. The van der Waals surface area contributed by atoms with Gasteiger partial charge in [0.1, 0.15) is 11.9 Å². The summed E-state index contributed by atoms with van der Waals surface area (Å²) < 4.78 is 56.6. The lowest BCUT2D eigenvalue weighted by molar-refractivity contribution is -0.140. The molecule has 0 amide bonds. The van der Waals surface area contributed by atoms with Crippen LogP contribution in [0.1, 0.15) is 59.8 Å². The fourth-order valence-corrected chi connectivity index (χ4v) is 6.00. The fraction of sp³-hybridized carbons (Fsp3) is 0.323. The van der Waals surface area contributed by atoms with E-state index >= 15 is 0 Å². The highest BCUT2D eigenvalue weighted by Crippen LogP contribution is 2.40. The summed E-state index contributed by atoms with van der Waals surface area (Å²) in [4.78, 5) is 18.1. The molecule has 0 aliphatic carbocycles. The number of hydrogen-bond acceptors (Lipinski definition) is 4.